The number of fused-ring (bicyclic) bond motifs is 1. The monoisotopic (exact) mass is 321 g/mol. The molecule has 106 valence electrons. The van der Waals surface area contributed by atoms with Crippen molar-refractivity contribution in [1.29, 1.82) is 0 Å². The maximum atomic E-state index is 13.4. The van der Waals surface area contributed by atoms with Gasteiger partial charge in [0.2, 0.25) is 0 Å². The smallest absolute Gasteiger partial charge is 0.160 e. The molecule has 0 fully saturated rings. The van der Waals surface area contributed by atoms with Crippen LogP contribution in [0.5, 0.6) is 0 Å². The summed E-state index contributed by atoms with van der Waals surface area (Å²) in [6.45, 7) is 0. The van der Waals surface area contributed by atoms with Crippen molar-refractivity contribution in [3.05, 3.63) is 58.6 Å². The number of nitrogens with zero attached hydrogens (tertiary/aromatic N) is 1. The third-order valence-electron chi connectivity index (χ3n) is 3.12. The predicted octanol–water partition coefficient (Wildman–Crippen LogP) is 5.01. The van der Waals surface area contributed by atoms with E-state index in [9.17, 15) is 4.39 Å². The van der Waals surface area contributed by atoms with E-state index in [0.717, 1.165) is 10.8 Å². The number of benzene rings is 2. The standard InChI is InChI=1S/C15H10Cl2FN3/c16-11-5-9(6-12(17)14(11)18)21-13-2-1-8-7-20-4-3-10(8)15(13)19/h1-7,21H,19H2. The molecular formula is C15H10Cl2FN3. The molecule has 0 radical (unpaired) electrons. The molecule has 3 aromatic rings. The first kappa shape index (κ1) is 13.9. The van der Waals surface area contributed by atoms with Crippen molar-refractivity contribution in [3.8, 4) is 0 Å². The molecule has 1 heterocycles. The van der Waals surface area contributed by atoms with E-state index in [2.05, 4.69) is 10.3 Å². The number of hydrogen-bond acceptors (Lipinski definition) is 3. The minimum atomic E-state index is -0.638. The zero-order valence-electron chi connectivity index (χ0n) is 10.7. The van der Waals surface area contributed by atoms with Gasteiger partial charge in [0.05, 0.1) is 21.4 Å². The molecule has 0 aliphatic carbocycles. The van der Waals surface area contributed by atoms with Crippen molar-refractivity contribution in [1.82, 2.24) is 4.98 Å². The van der Waals surface area contributed by atoms with Gasteiger partial charge in [-0.3, -0.25) is 4.98 Å². The van der Waals surface area contributed by atoms with Gasteiger partial charge >= 0.3 is 0 Å². The van der Waals surface area contributed by atoms with Gasteiger partial charge in [-0.05, 0) is 24.3 Å². The van der Waals surface area contributed by atoms with Gasteiger partial charge < -0.3 is 11.1 Å². The fraction of sp³-hybridized carbons (Fsp3) is 0. The molecule has 3 N–H and O–H groups in total. The van der Waals surface area contributed by atoms with Gasteiger partial charge in [0.15, 0.2) is 5.82 Å². The number of pyridine rings is 1. The predicted molar refractivity (Wildman–Crippen MR) is 85.9 cm³/mol. The molecule has 0 atom stereocenters. The fourth-order valence-corrected chi connectivity index (χ4v) is 2.57. The molecule has 0 bridgehead atoms. The van der Waals surface area contributed by atoms with Crippen LogP contribution in [0.3, 0.4) is 0 Å². The topological polar surface area (TPSA) is 50.9 Å². The molecule has 0 spiro atoms. The van der Waals surface area contributed by atoms with Crippen LogP contribution >= 0.6 is 23.2 Å². The van der Waals surface area contributed by atoms with Crippen molar-refractivity contribution >= 4 is 51.0 Å². The normalized spacial score (nSPS) is 10.8. The first-order chi connectivity index (χ1) is 10.1. The lowest BCUT2D eigenvalue weighted by atomic mass is 10.1. The first-order valence-corrected chi connectivity index (χ1v) is 6.85. The lowest BCUT2D eigenvalue weighted by Crippen LogP contribution is -1.98. The molecule has 0 aliphatic heterocycles. The Kier molecular flexibility index (Phi) is 3.57. The van der Waals surface area contributed by atoms with E-state index in [0.29, 0.717) is 17.1 Å². The number of hydrogen-bond donors (Lipinski definition) is 2. The first-order valence-electron chi connectivity index (χ1n) is 6.10. The van der Waals surface area contributed by atoms with E-state index in [1.165, 1.54) is 12.1 Å². The maximum Gasteiger partial charge on any atom is 0.160 e. The van der Waals surface area contributed by atoms with Crippen LogP contribution < -0.4 is 11.1 Å². The number of nitrogen functional groups attached to an aromatic ring is 1. The number of anilines is 3. The molecule has 0 aliphatic rings. The number of halogens is 3. The molecular weight excluding hydrogens is 312 g/mol. The van der Waals surface area contributed by atoms with Crippen LogP contribution in [-0.4, -0.2) is 4.98 Å². The lowest BCUT2D eigenvalue weighted by molar-refractivity contribution is 0.629. The molecule has 6 heteroatoms. The van der Waals surface area contributed by atoms with E-state index in [1.807, 2.05) is 18.2 Å². The number of aromatic nitrogens is 1. The minimum absolute atomic E-state index is 0.0476. The molecule has 0 unspecified atom stereocenters. The summed E-state index contributed by atoms with van der Waals surface area (Å²) in [6, 6.07) is 8.47. The molecule has 0 saturated carbocycles. The van der Waals surface area contributed by atoms with Crippen molar-refractivity contribution < 1.29 is 4.39 Å². The Morgan fingerprint density at radius 1 is 1.10 bits per heavy atom. The second kappa shape index (κ2) is 5.39. The molecule has 3 rings (SSSR count). The quantitative estimate of drug-likeness (QED) is 0.515. The largest absolute Gasteiger partial charge is 0.397 e. The maximum absolute atomic E-state index is 13.4. The Balaban J connectivity index is 2.04. The van der Waals surface area contributed by atoms with Crippen molar-refractivity contribution in [2.45, 2.75) is 0 Å². The van der Waals surface area contributed by atoms with Crippen molar-refractivity contribution in [3.63, 3.8) is 0 Å². The van der Waals surface area contributed by atoms with Gasteiger partial charge in [0, 0.05) is 28.9 Å². The third kappa shape index (κ3) is 2.60. The van der Waals surface area contributed by atoms with Gasteiger partial charge in [-0.25, -0.2) is 4.39 Å². The van der Waals surface area contributed by atoms with Gasteiger partial charge in [-0.2, -0.15) is 0 Å². The van der Waals surface area contributed by atoms with Crippen LogP contribution in [0.4, 0.5) is 21.5 Å². The van der Waals surface area contributed by atoms with Gasteiger partial charge in [-0.1, -0.05) is 29.3 Å². The average molecular weight is 322 g/mol. The Morgan fingerprint density at radius 2 is 1.81 bits per heavy atom. The third-order valence-corrected chi connectivity index (χ3v) is 3.67. The molecule has 0 saturated heterocycles. The zero-order valence-corrected chi connectivity index (χ0v) is 12.2. The Bertz CT molecular complexity index is 813. The Labute approximate surface area is 130 Å². The number of nitrogens with two attached hydrogens (primary N) is 1. The highest BCUT2D eigenvalue weighted by Gasteiger charge is 2.09. The van der Waals surface area contributed by atoms with E-state index in [1.54, 1.807) is 12.4 Å². The summed E-state index contributed by atoms with van der Waals surface area (Å²) >= 11 is 11.6. The second-order valence-corrected chi connectivity index (χ2v) is 5.32. The van der Waals surface area contributed by atoms with E-state index >= 15 is 0 Å². The number of nitrogens with one attached hydrogen (secondary N) is 1. The average Bonchev–Trinajstić information content (AvgIpc) is 2.48. The zero-order chi connectivity index (χ0) is 15.0. The highest BCUT2D eigenvalue weighted by molar-refractivity contribution is 6.35. The molecule has 2 aromatic carbocycles. The van der Waals surface area contributed by atoms with Crippen LogP contribution in [0.2, 0.25) is 10.0 Å². The molecule has 3 nitrogen and oxygen atoms in total. The fourth-order valence-electron chi connectivity index (χ4n) is 2.08. The van der Waals surface area contributed by atoms with Crippen LogP contribution in [0.25, 0.3) is 10.8 Å². The number of rotatable bonds is 2. The van der Waals surface area contributed by atoms with Crippen molar-refractivity contribution in [2.75, 3.05) is 11.1 Å². The summed E-state index contributed by atoms with van der Waals surface area (Å²) in [5, 5.41) is 4.82. The van der Waals surface area contributed by atoms with E-state index < -0.39 is 5.82 Å². The van der Waals surface area contributed by atoms with Crippen LogP contribution in [0.15, 0.2) is 42.7 Å². The Hall–Kier alpha value is -2.04. The van der Waals surface area contributed by atoms with Gasteiger partial charge in [0.1, 0.15) is 0 Å². The summed E-state index contributed by atoms with van der Waals surface area (Å²) in [7, 11) is 0. The summed E-state index contributed by atoms with van der Waals surface area (Å²) in [4.78, 5) is 4.05. The summed E-state index contributed by atoms with van der Waals surface area (Å²) in [5.74, 6) is -0.638. The van der Waals surface area contributed by atoms with Crippen molar-refractivity contribution in [2.24, 2.45) is 0 Å². The summed E-state index contributed by atoms with van der Waals surface area (Å²) in [6.07, 6.45) is 3.41. The van der Waals surface area contributed by atoms with Gasteiger partial charge in [0.25, 0.3) is 0 Å². The van der Waals surface area contributed by atoms with Crippen LogP contribution in [0.1, 0.15) is 0 Å². The molecule has 21 heavy (non-hydrogen) atoms. The molecule has 0 amide bonds. The van der Waals surface area contributed by atoms with E-state index in [-0.39, 0.29) is 10.0 Å². The Morgan fingerprint density at radius 3 is 2.52 bits per heavy atom. The highest BCUT2D eigenvalue weighted by atomic mass is 35.5. The van der Waals surface area contributed by atoms with Crippen LogP contribution in [-0.2, 0) is 0 Å². The summed E-state index contributed by atoms with van der Waals surface area (Å²) < 4.78 is 13.4. The van der Waals surface area contributed by atoms with E-state index in [4.69, 9.17) is 28.9 Å². The van der Waals surface area contributed by atoms with Crippen LogP contribution in [0, 0.1) is 5.82 Å². The van der Waals surface area contributed by atoms with Gasteiger partial charge in [-0.15, -0.1) is 0 Å². The molecule has 1 aromatic heterocycles. The second-order valence-electron chi connectivity index (χ2n) is 4.50. The lowest BCUT2D eigenvalue weighted by Gasteiger charge is -2.12. The summed E-state index contributed by atoms with van der Waals surface area (Å²) in [5.41, 5.74) is 7.97. The SMILES string of the molecule is Nc1c(Nc2cc(Cl)c(F)c(Cl)c2)ccc2cnccc12. The minimum Gasteiger partial charge on any atom is -0.397 e. The highest BCUT2D eigenvalue weighted by Crippen LogP contribution is 2.33.